The van der Waals surface area contributed by atoms with Crippen molar-refractivity contribution in [3.05, 3.63) is 30.5 Å². The van der Waals surface area contributed by atoms with Gasteiger partial charge >= 0.3 is 0 Å². The van der Waals surface area contributed by atoms with E-state index in [9.17, 15) is 0 Å². The van der Waals surface area contributed by atoms with Crippen LogP contribution in [-0.4, -0.2) is 5.16 Å². The van der Waals surface area contributed by atoms with E-state index in [4.69, 9.17) is 8.94 Å². The largest absolute Gasteiger partial charge is 0.451 e. The predicted molar refractivity (Wildman–Crippen MR) is 43.8 cm³/mol. The highest BCUT2D eigenvalue weighted by Crippen LogP contribution is 2.26. The van der Waals surface area contributed by atoms with E-state index in [0.29, 0.717) is 5.58 Å². The van der Waals surface area contributed by atoms with E-state index in [1.165, 1.54) is 6.26 Å². The molecule has 0 radical (unpaired) electrons. The Bertz CT molecular complexity index is 534. The van der Waals surface area contributed by atoms with Gasteiger partial charge in [0.1, 0.15) is 5.58 Å². The van der Waals surface area contributed by atoms with Crippen LogP contribution in [-0.2, 0) is 0 Å². The van der Waals surface area contributed by atoms with Crippen molar-refractivity contribution in [3.8, 4) is 0 Å². The second-order valence-electron chi connectivity index (χ2n) is 2.63. The van der Waals surface area contributed by atoms with Crippen molar-refractivity contribution in [3.63, 3.8) is 0 Å². The highest BCUT2D eigenvalue weighted by molar-refractivity contribution is 6.01. The molecule has 0 aliphatic heterocycles. The molecule has 2 aromatic heterocycles. The first-order valence-corrected chi connectivity index (χ1v) is 3.67. The molecule has 2 heterocycles. The molecule has 0 aliphatic rings. The summed E-state index contributed by atoms with van der Waals surface area (Å²) in [6.45, 7) is 0. The Hall–Kier alpha value is -1.77. The molecule has 0 amide bonds. The van der Waals surface area contributed by atoms with Gasteiger partial charge in [0.2, 0.25) is 0 Å². The molecule has 3 aromatic rings. The number of hydrogen-bond donors (Lipinski definition) is 0. The summed E-state index contributed by atoms with van der Waals surface area (Å²) in [5.74, 6) is 0. The average molecular weight is 159 g/mol. The maximum absolute atomic E-state index is 5.44. The Balaban J connectivity index is 2.68. The van der Waals surface area contributed by atoms with Crippen LogP contribution in [0.4, 0.5) is 0 Å². The lowest BCUT2D eigenvalue weighted by molar-refractivity contribution is 0.425. The van der Waals surface area contributed by atoms with E-state index < -0.39 is 0 Å². The average Bonchev–Trinajstić information content (AvgIpc) is 2.62. The summed E-state index contributed by atoms with van der Waals surface area (Å²) in [5, 5.41) is 4.84. The Morgan fingerprint density at radius 2 is 2.00 bits per heavy atom. The molecule has 0 saturated carbocycles. The van der Waals surface area contributed by atoms with Crippen LogP contribution < -0.4 is 0 Å². The van der Waals surface area contributed by atoms with Gasteiger partial charge in [-0.1, -0.05) is 17.3 Å². The second kappa shape index (κ2) is 1.88. The van der Waals surface area contributed by atoms with Crippen molar-refractivity contribution >= 4 is 22.1 Å². The molecule has 3 rings (SSSR count). The number of furan rings is 1. The summed E-state index contributed by atoms with van der Waals surface area (Å²) < 4.78 is 10.2. The summed E-state index contributed by atoms with van der Waals surface area (Å²) in [6.07, 6.45) is 1.51. The molecule has 58 valence electrons. The van der Waals surface area contributed by atoms with Gasteiger partial charge in [-0.15, -0.1) is 0 Å². The van der Waals surface area contributed by atoms with E-state index >= 15 is 0 Å². The fourth-order valence-electron chi connectivity index (χ4n) is 1.35. The highest BCUT2D eigenvalue weighted by atomic mass is 16.5. The SMILES string of the molecule is c1ccc2c(c1)oc1conc12. The van der Waals surface area contributed by atoms with Gasteiger partial charge in [0.05, 0.1) is 5.39 Å². The third-order valence-electron chi connectivity index (χ3n) is 1.90. The molecule has 3 nitrogen and oxygen atoms in total. The van der Waals surface area contributed by atoms with E-state index in [0.717, 1.165) is 16.5 Å². The Morgan fingerprint density at radius 1 is 1.08 bits per heavy atom. The number of benzene rings is 1. The van der Waals surface area contributed by atoms with Gasteiger partial charge < -0.3 is 8.94 Å². The van der Waals surface area contributed by atoms with Crippen LogP contribution in [0.15, 0.2) is 39.5 Å². The van der Waals surface area contributed by atoms with E-state index in [2.05, 4.69) is 5.16 Å². The molecular formula is C9H5NO2. The minimum Gasteiger partial charge on any atom is -0.451 e. The number of fused-ring (bicyclic) bond motifs is 3. The minimum atomic E-state index is 0.705. The molecule has 12 heavy (non-hydrogen) atoms. The first kappa shape index (κ1) is 5.83. The van der Waals surface area contributed by atoms with Crippen molar-refractivity contribution in [2.75, 3.05) is 0 Å². The van der Waals surface area contributed by atoms with E-state index in [1.54, 1.807) is 0 Å². The highest BCUT2D eigenvalue weighted by Gasteiger charge is 2.08. The quantitative estimate of drug-likeness (QED) is 0.506. The number of rotatable bonds is 0. The smallest absolute Gasteiger partial charge is 0.194 e. The van der Waals surface area contributed by atoms with Gasteiger partial charge in [0.25, 0.3) is 0 Å². The van der Waals surface area contributed by atoms with Gasteiger partial charge in [-0.05, 0) is 12.1 Å². The first-order valence-electron chi connectivity index (χ1n) is 3.67. The zero-order valence-corrected chi connectivity index (χ0v) is 6.15. The maximum atomic E-state index is 5.44. The van der Waals surface area contributed by atoms with Crippen LogP contribution in [0, 0.1) is 0 Å². The van der Waals surface area contributed by atoms with E-state index in [1.807, 2.05) is 24.3 Å². The summed E-state index contributed by atoms with van der Waals surface area (Å²) in [5.41, 5.74) is 2.35. The van der Waals surface area contributed by atoms with Crippen LogP contribution in [0.5, 0.6) is 0 Å². The normalized spacial score (nSPS) is 11.3. The zero-order valence-electron chi connectivity index (χ0n) is 6.15. The molecule has 0 unspecified atom stereocenters. The van der Waals surface area contributed by atoms with Gasteiger partial charge in [-0.25, -0.2) is 0 Å². The summed E-state index contributed by atoms with van der Waals surface area (Å²) in [4.78, 5) is 0. The number of hydrogen-bond acceptors (Lipinski definition) is 3. The van der Waals surface area contributed by atoms with Crippen LogP contribution >= 0.6 is 0 Å². The van der Waals surface area contributed by atoms with Crippen molar-refractivity contribution in [1.82, 2.24) is 5.16 Å². The Labute approximate surface area is 67.6 Å². The zero-order chi connectivity index (χ0) is 7.97. The Kier molecular flexibility index (Phi) is 0.913. The first-order chi connectivity index (χ1) is 5.95. The van der Waals surface area contributed by atoms with Crippen molar-refractivity contribution in [1.29, 1.82) is 0 Å². The molecule has 0 atom stereocenters. The summed E-state index contributed by atoms with van der Waals surface area (Å²) >= 11 is 0. The molecule has 0 N–H and O–H groups in total. The predicted octanol–water partition coefficient (Wildman–Crippen LogP) is 2.57. The molecular weight excluding hydrogens is 154 g/mol. The topological polar surface area (TPSA) is 39.2 Å². The fourth-order valence-corrected chi connectivity index (χ4v) is 1.35. The maximum Gasteiger partial charge on any atom is 0.194 e. The molecule has 3 heteroatoms. The monoisotopic (exact) mass is 159 g/mol. The van der Waals surface area contributed by atoms with Crippen molar-refractivity contribution in [2.45, 2.75) is 0 Å². The van der Waals surface area contributed by atoms with Gasteiger partial charge in [-0.2, -0.15) is 0 Å². The van der Waals surface area contributed by atoms with Crippen LogP contribution in [0.1, 0.15) is 0 Å². The van der Waals surface area contributed by atoms with Crippen molar-refractivity contribution < 1.29 is 8.94 Å². The molecule has 0 fully saturated rings. The van der Waals surface area contributed by atoms with E-state index in [-0.39, 0.29) is 0 Å². The molecule has 0 bridgehead atoms. The number of nitrogens with zero attached hydrogens (tertiary/aromatic N) is 1. The van der Waals surface area contributed by atoms with Crippen molar-refractivity contribution in [2.24, 2.45) is 0 Å². The van der Waals surface area contributed by atoms with Crippen LogP contribution in [0.2, 0.25) is 0 Å². The molecule has 0 saturated heterocycles. The number of para-hydroxylation sites is 1. The van der Waals surface area contributed by atoms with Crippen LogP contribution in [0.3, 0.4) is 0 Å². The van der Waals surface area contributed by atoms with Gasteiger partial charge in [0.15, 0.2) is 17.4 Å². The molecule has 0 spiro atoms. The lowest BCUT2D eigenvalue weighted by atomic mass is 10.2. The lowest BCUT2D eigenvalue weighted by Crippen LogP contribution is -1.63. The van der Waals surface area contributed by atoms with Gasteiger partial charge in [-0.3, -0.25) is 0 Å². The lowest BCUT2D eigenvalue weighted by Gasteiger charge is -1.82. The minimum absolute atomic E-state index is 0.705. The molecule has 1 aromatic carbocycles. The third kappa shape index (κ3) is 0.580. The fraction of sp³-hybridized carbons (Fsp3) is 0. The number of aromatic nitrogens is 1. The Morgan fingerprint density at radius 3 is 3.00 bits per heavy atom. The summed E-state index contributed by atoms with van der Waals surface area (Å²) in [7, 11) is 0. The summed E-state index contributed by atoms with van der Waals surface area (Å²) in [6, 6.07) is 7.76. The van der Waals surface area contributed by atoms with Crippen LogP contribution in [0.25, 0.3) is 22.1 Å². The second-order valence-corrected chi connectivity index (χ2v) is 2.63. The molecule has 0 aliphatic carbocycles. The third-order valence-corrected chi connectivity index (χ3v) is 1.90. The van der Waals surface area contributed by atoms with Gasteiger partial charge in [0, 0.05) is 0 Å². The standard InChI is InChI=1S/C9H5NO2/c1-2-4-7-6(3-1)9-8(12-7)5-11-10-9/h1-5H.